The number of hydrogen-bond acceptors (Lipinski definition) is 9. The molecule has 10 heteroatoms. The van der Waals surface area contributed by atoms with Gasteiger partial charge in [-0.2, -0.15) is 0 Å². The number of likely N-dealkylation sites (tertiary alicyclic amines) is 1. The van der Waals surface area contributed by atoms with Gasteiger partial charge < -0.3 is 24.2 Å². The highest BCUT2D eigenvalue weighted by atomic mass is 16.7. The third kappa shape index (κ3) is 2.63. The highest BCUT2D eigenvalue weighted by molar-refractivity contribution is 5.90. The molecule has 1 N–H and O–H groups in total. The molecule has 0 radical (unpaired) electrons. The van der Waals surface area contributed by atoms with Crippen molar-refractivity contribution < 1.29 is 33.8 Å². The van der Waals surface area contributed by atoms with Crippen molar-refractivity contribution in [2.75, 3.05) is 13.6 Å². The fourth-order valence-corrected chi connectivity index (χ4v) is 6.45. The van der Waals surface area contributed by atoms with Crippen molar-refractivity contribution in [2.24, 2.45) is 0 Å². The summed E-state index contributed by atoms with van der Waals surface area (Å²) < 4.78 is 16.8. The number of nitro benzene ring substituents is 1. The second-order valence-electron chi connectivity index (χ2n) is 9.44. The number of non-ortho nitro benzene ring substituents is 1. The van der Waals surface area contributed by atoms with E-state index in [1.807, 2.05) is 13.1 Å². The maximum absolute atomic E-state index is 13.0. The Morgan fingerprint density at radius 1 is 1.21 bits per heavy atom. The normalized spacial score (nSPS) is 30.8. The standard InChI is InChI=1S/C24H22N2O8/c1-25-11-10-23-19-13-2-7-17(33-22(28)32-15-5-3-14(4-6-15)26(30)31)20(19)34-21(23)16(27)8-9-24(23,29)18(25)12-13/h2-7,18,21,29H,8-12H2,1H3/t18-,21+,23+,24-/m1/s1. The maximum Gasteiger partial charge on any atom is 0.519 e. The summed E-state index contributed by atoms with van der Waals surface area (Å²) in [5, 5.41) is 22.8. The second kappa shape index (κ2) is 7.00. The number of likely N-dealkylation sites (N-methyl/N-ethyl adjacent to an activating group) is 1. The lowest BCUT2D eigenvalue weighted by Crippen LogP contribution is -2.76. The van der Waals surface area contributed by atoms with E-state index >= 15 is 0 Å². The van der Waals surface area contributed by atoms with E-state index in [-0.39, 0.29) is 35.4 Å². The van der Waals surface area contributed by atoms with Crippen molar-refractivity contribution in [3.8, 4) is 17.2 Å². The van der Waals surface area contributed by atoms with Crippen LogP contribution in [0.3, 0.4) is 0 Å². The van der Waals surface area contributed by atoms with Crippen molar-refractivity contribution >= 4 is 17.6 Å². The number of nitro groups is 1. The minimum atomic E-state index is -1.12. The van der Waals surface area contributed by atoms with E-state index in [1.165, 1.54) is 24.3 Å². The average Bonchev–Trinajstić information content (AvgIpc) is 3.16. The largest absolute Gasteiger partial charge is 0.519 e. The molecule has 0 unspecified atom stereocenters. The first-order valence-electron chi connectivity index (χ1n) is 11.2. The molecular formula is C24H22N2O8. The number of hydrogen-bond donors (Lipinski definition) is 1. The van der Waals surface area contributed by atoms with Crippen LogP contribution < -0.4 is 14.2 Å². The first-order chi connectivity index (χ1) is 16.2. The van der Waals surface area contributed by atoms with Gasteiger partial charge in [0.1, 0.15) is 5.75 Å². The number of rotatable bonds is 3. The minimum absolute atomic E-state index is 0.0589. The number of nitrogens with zero attached hydrogens (tertiary/aromatic N) is 2. The number of Topliss-reactive ketones (excluding diaryl/α,β-unsaturated/α-hetero) is 1. The molecule has 176 valence electrons. The summed E-state index contributed by atoms with van der Waals surface area (Å²) in [5.41, 5.74) is -0.381. The highest BCUT2D eigenvalue weighted by Crippen LogP contribution is 2.64. The molecule has 2 aromatic rings. The first kappa shape index (κ1) is 21.1. The Balaban J connectivity index is 1.35. The fraction of sp³-hybridized carbons (Fsp3) is 0.417. The van der Waals surface area contributed by atoms with Crippen LogP contribution >= 0.6 is 0 Å². The Hall–Kier alpha value is -3.50. The third-order valence-electron chi connectivity index (χ3n) is 7.95. The predicted molar refractivity (Wildman–Crippen MR) is 116 cm³/mol. The van der Waals surface area contributed by atoms with Crippen LogP contribution in [-0.2, 0) is 16.6 Å². The van der Waals surface area contributed by atoms with E-state index in [0.29, 0.717) is 31.6 Å². The Labute approximate surface area is 194 Å². The number of ketones is 1. The Morgan fingerprint density at radius 2 is 1.97 bits per heavy atom. The zero-order chi connectivity index (χ0) is 23.8. The van der Waals surface area contributed by atoms with E-state index in [1.54, 1.807) is 6.07 Å². The van der Waals surface area contributed by atoms with Gasteiger partial charge in [0.15, 0.2) is 23.4 Å². The molecule has 1 saturated carbocycles. The molecule has 4 aliphatic rings. The minimum Gasteiger partial charge on any atom is -0.477 e. The van der Waals surface area contributed by atoms with Crippen LogP contribution in [0.2, 0.25) is 0 Å². The van der Waals surface area contributed by atoms with Crippen molar-refractivity contribution in [3.05, 3.63) is 57.6 Å². The molecule has 10 nitrogen and oxygen atoms in total. The molecule has 2 heterocycles. The number of aliphatic hydroxyl groups is 1. The Bertz CT molecular complexity index is 1240. The Kier molecular flexibility index (Phi) is 4.34. The van der Waals surface area contributed by atoms with Gasteiger partial charge in [-0.05, 0) is 56.6 Å². The SMILES string of the molecule is CN1CC[C@]23c4c5ccc(OC(=O)Oc6ccc([N+](=O)[O-])cc6)c4O[C@H]2C(=O)CC[C@@]3(O)[C@H]1C5. The van der Waals surface area contributed by atoms with Gasteiger partial charge in [-0.15, -0.1) is 0 Å². The Morgan fingerprint density at radius 3 is 2.71 bits per heavy atom. The highest BCUT2D eigenvalue weighted by Gasteiger charge is 2.72. The van der Waals surface area contributed by atoms with Crippen molar-refractivity contribution in [1.82, 2.24) is 4.90 Å². The number of benzene rings is 2. The van der Waals surface area contributed by atoms with E-state index in [0.717, 1.165) is 11.1 Å². The molecule has 2 bridgehead atoms. The summed E-state index contributed by atoms with van der Waals surface area (Å²) in [4.78, 5) is 37.9. The second-order valence-corrected chi connectivity index (χ2v) is 9.44. The van der Waals surface area contributed by atoms with Crippen molar-refractivity contribution in [1.29, 1.82) is 0 Å². The smallest absolute Gasteiger partial charge is 0.477 e. The molecule has 0 amide bonds. The zero-order valence-corrected chi connectivity index (χ0v) is 18.4. The molecule has 1 saturated heterocycles. The summed E-state index contributed by atoms with van der Waals surface area (Å²) in [6.07, 6.45) is -0.105. The van der Waals surface area contributed by atoms with Gasteiger partial charge in [0.05, 0.1) is 15.9 Å². The molecule has 2 aliphatic heterocycles. The van der Waals surface area contributed by atoms with Crippen LogP contribution in [0.25, 0.3) is 0 Å². The molecule has 1 spiro atoms. The van der Waals surface area contributed by atoms with E-state index in [2.05, 4.69) is 4.90 Å². The monoisotopic (exact) mass is 466 g/mol. The van der Waals surface area contributed by atoms with Gasteiger partial charge in [0.2, 0.25) is 0 Å². The zero-order valence-electron chi connectivity index (χ0n) is 18.4. The van der Waals surface area contributed by atoms with Crippen LogP contribution in [0, 0.1) is 10.1 Å². The number of ether oxygens (including phenoxy) is 3. The van der Waals surface area contributed by atoms with Crippen molar-refractivity contribution in [2.45, 2.75) is 48.8 Å². The van der Waals surface area contributed by atoms with E-state index in [4.69, 9.17) is 14.2 Å². The van der Waals surface area contributed by atoms with Gasteiger partial charge in [0.25, 0.3) is 5.69 Å². The topological polar surface area (TPSA) is 128 Å². The van der Waals surface area contributed by atoms with Crippen LogP contribution in [0.5, 0.6) is 17.2 Å². The van der Waals surface area contributed by atoms with Crippen molar-refractivity contribution in [3.63, 3.8) is 0 Å². The summed E-state index contributed by atoms with van der Waals surface area (Å²) in [5.74, 6) is 0.444. The summed E-state index contributed by atoms with van der Waals surface area (Å²) >= 11 is 0. The van der Waals surface area contributed by atoms with Gasteiger partial charge in [-0.3, -0.25) is 14.9 Å². The average molecular weight is 466 g/mol. The van der Waals surface area contributed by atoms with Gasteiger partial charge >= 0.3 is 6.16 Å². The fourth-order valence-electron chi connectivity index (χ4n) is 6.45. The van der Waals surface area contributed by atoms with E-state index in [9.17, 15) is 24.8 Å². The summed E-state index contributed by atoms with van der Waals surface area (Å²) in [7, 11) is 1.99. The molecule has 34 heavy (non-hydrogen) atoms. The van der Waals surface area contributed by atoms with Gasteiger partial charge in [0, 0.05) is 30.2 Å². The summed E-state index contributed by atoms with van der Waals surface area (Å²) in [6, 6.07) is 8.38. The van der Waals surface area contributed by atoms with Crippen LogP contribution in [0.4, 0.5) is 10.5 Å². The maximum atomic E-state index is 13.0. The number of carbonyl (C=O) groups is 2. The lowest BCUT2D eigenvalue weighted by atomic mass is 9.49. The molecule has 6 rings (SSSR count). The quantitative estimate of drug-likeness (QED) is 0.314. The third-order valence-corrected chi connectivity index (χ3v) is 7.95. The molecular weight excluding hydrogens is 444 g/mol. The molecule has 2 aromatic carbocycles. The summed E-state index contributed by atoms with van der Waals surface area (Å²) in [6.45, 7) is 0.715. The van der Waals surface area contributed by atoms with Crippen LogP contribution in [0.15, 0.2) is 36.4 Å². The molecule has 4 atom stereocenters. The predicted octanol–water partition coefficient (Wildman–Crippen LogP) is 2.53. The van der Waals surface area contributed by atoms with Gasteiger partial charge in [-0.1, -0.05) is 6.07 Å². The van der Waals surface area contributed by atoms with Crippen LogP contribution in [0.1, 0.15) is 30.4 Å². The molecule has 2 fully saturated rings. The lowest BCUT2D eigenvalue weighted by molar-refractivity contribution is -0.384. The van der Waals surface area contributed by atoms with Crippen LogP contribution in [-0.4, -0.2) is 58.2 Å². The number of piperidine rings is 1. The lowest BCUT2D eigenvalue weighted by Gasteiger charge is -2.61. The van der Waals surface area contributed by atoms with Gasteiger partial charge in [-0.25, -0.2) is 4.79 Å². The first-order valence-corrected chi connectivity index (χ1v) is 11.2. The molecule has 0 aromatic heterocycles. The molecule has 2 aliphatic carbocycles. The van der Waals surface area contributed by atoms with E-state index < -0.39 is 28.2 Å². The number of carbonyl (C=O) groups excluding carboxylic acids is 2.